The van der Waals surface area contributed by atoms with Crippen LogP contribution in [0.2, 0.25) is 0 Å². The second kappa shape index (κ2) is 4.68. The number of hydrogen-bond donors (Lipinski definition) is 2. The van der Waals surface area contributed by atoms with Gasteiger partial charge in [-0.1, -0.05) is 12.1 Å². The lowest BCUT2D eigenvalue weighted by molar-refractivity contribution is 0.0945. The molecule has 14 heavy (non-hydrogen) atoms. The highest BCUT2D eigenvalue weighted by Gasteiger charge is 2.10. The molecule has 1 aromatic carbocycles. The van der Waals surface area contributed by atoms with Gasteiger partial charge in [-0.05, 0) is 19.1 Å². The van der Waals surface area contributed by atoms with Crippen molar-refractivity contribution in [3.8, 4) is 6.07 Å². The minimum absolute atomic E-state index is 0.273. The maximum absolute atomic E-state index is 11.5. The standard InChI is InChI=1S/C10H10N2OS/c1-7(6-11)12-10(13)8-4-2-3-5-9(8)14/h2-5,7,14H,1H3,(H,12,13). The molecule has 0 aliphatic heterocycles. The highest BCUT2D eigenvalue weighted by atomic mass is 32.1. The monoisotopic (exact) mass is 206 g/mol. The number of rotatable bonds is 2. The lowest BCUT2D eigenvalue weighted by Crippen LogP contribution is -2.31. The van der Waals surface area contributed by atoms with Gasteiger partial charge < -0.3 is 5.32 Å². The lowest BCUT2D eigenvalue weighted by Gasteiger charge is -2.07. The molecule has 0 aromatic heterocycles. The summed E-state index contributed by atoms with van der Waals surface area (Å²) in [5.41, 5.74) is 0.484. The van der Waals surface area contributed by atoms with Crippen LogP contribution in [0.1, 0.15) is 17.3 Å². The predicted molar refractivity (Wildman–Crippen MR) is 56.2 cm³/mol. The van der Waals surface area contributed by atoms with Gasteiger partial charge in [0.1, 0.15) is 6.04 Å². The molecule has 0 saturated heterocycles. The van der Waals surface area contributed by atoms with E-state index in [2.05, 4.69) is 17.9 Å². The van der Waals surface area contributed by atoms with E-state index in [-0.39, 0.29) is 5.91 Å². The fourth-order valence-corrected chi connectivity index (χ4v) is 1.23. The molecule has 1 unspecified atom stereocenters. The first-order chi connectivity index (χ1) is 6.65. The topological polar surface area (TPSA) is 52.9 Å². The van der Waals surface area contributed by atoms with Gasteiger partial charge in [0.05, 0.1) is 11.6 Å². The van der Waals surface area contributed by atoms with Crippen LogP contribution in [0.3, 0.4) is 0 Å². The zero-order valence-electron chi connectivity index (χ0n) is 7.69. The second-order valence-corrected chi connectivity index (χ2v) is 3.32. The van der Waals surface area contributed by atoms with Crippen LogP contribution in [0.15, 0.2) is 29.2 Å². The zero-order valence-corrected chi connectivity index (χ0v) is 8.58. The van der Waals surface area contributed by atoms with Gasteiger partial charge in [-0.2, -0.15) is 5.26 Å². The van der Waals surface area contributed by atoms with E-state index in [1.165, 1.54) is 0 Å². The molecule has 0 radical (unpaired) electrons. The normalized spacial score (nSPS) is 11.5. The number of thiol groups is 1. The third kappa shape index (κ3) is 2.51. The molecule has 1 amide bonds. The molecular weight excluding hydrogens is 196 g/mol. The van der Waals surface area contributed by atoms with Crippen LogP contribution in [-0.4, -0.2) is 11.9 Å². The van der Waals surface area contributed by atoms with E-state index in [0.717, 1.165) is 0 Å². The van der Waals surface area contributed by atoms with E-state index >= 15 is 0 Å². The van der Waals surface area contributed by atoms with E-state index < -0.39 is 6.04 Å². The van der Waals surface area contributed by atoms with Crippen LogP contribution in [0.4, 0.5) is 0 Å². The van der Waals surface area contributed by atoms with Crippen molar-refractivity contribution >= 4 is 18.5 Å². The second-order valence-electron chi connectivity index (χ2n) is 2.84. The van der Waals surface area contributed by atoms with E-state index in [1.807, 2.05) is 6.07 Å². The highest BCUT2D eigenvalue weighted by molar-refractivity contribution is 7.80. The molecule has 1 N–H and O–H groups in total. The number of nitrogens with zero attached hydrogens (tertiary/aromatic N) is 1. The van der Waals surface area contributed by atoms with E-state index in [0.29, 0.717) is 10.5 Å². The van der Waals surface area contributed by atoms with Crippen molar-refractivity contribution in [3.63, 3.8) is 0 Å². The van der Waals surface area contributed by atoms with Crippen LogP contribution in [0.25, 0.3) is 0 Å². The Balaban J connectivity index is 2.81. The zero-order chi connectivity index (χ0) is 10.6. The van der Waals surface area contributed by atoms with E-state index in [4.69, 9.17) is 5.26 Å². The maximum Gasteiger partial charge on any atom is 0.253 e. The lowest BCUT2D eigenvalue weighted by atomic mass is 10.2. The van der Waals surface area contributed by atoms with Crippen LogP contribution < -0.4 is 5.32 Å². The molecule has 0 aliphatic rings. The Bertz CT molecular complexity index is 384. The van der Waals surface area contributed by atoms with Crippen LogP contribution in [0, 0.1) is 11.3 Å². The van der Waals surface area contributed by atoms with E-state index in [1.54, 1.807) is 31.2 Å². The quantitative estimate of drug-likeness (QED) is 0.722. The number of carbonyl (C=O) groups excluding carboxylic acids is 1. The first-order valence-electron chi connectivity index (χ1n) is 4.13. The summed E-state index contributed by atoms with van der Waals surface area (Å²) in [6, 6.07) is 8.39. The average Bonchev–Trinajstić information content (AvgIpc) is 2.18. The summed E-state index contributed by atoms with van der Waals surface area (Å²) in [5, 5.41) is 11.1. The Morgan fingerprint density at radius 1 is 1.57 bits per heavy atom. The number of amides is 1. The minimum Gasteiger partial charge on any atom is -0.336 e. The molecule has 1 atom stereocenters. The van der Waals surface area contributed by atoms with Crippen molar-refractivity contribution in [1.29, 1.82) is 5.26 Å². The van der Waals surface area contributed by atoms with Crippen LogP contribution in [-0.2, 0) is 0 Å². The summed E-state index contributed by atoms with van der Waals surface area (Å²) >= 11 is 4.15. The van der Waals surface area contributed by atoms with Crippen molar-refractivity contribution in [2.24, 2.45) is 0 Å². The fourth-order valence-electron chi connectivity index (χ4n) is 0.972. The number of hydrogen-bond acceptors (Lipinski definition) is 3. The van der Waals surface area contributed by atoms with Gasteiger partial charge in [-0.15, -0.1) is 12.6 Å². The third-order valence-electron chi connectivity index (χ3n) is 1.69. The Hall–Kier alpha value is -1.47. The summed E-state index contributed by atoms with van der Waals surface area (Å²) in [7, 11) is 0. The van der Waals surface area contributed by atoms with E-state index in [9.17, 15) is 4.79 Å². The molecule has 0 saturated carbocycles. The van der Waals surface area contributed by atoms with Crippen molar-refractivity contribution in [3.05, 3.63) is 29.8 Å². The Kier molecular flexibility index (Phi) is 3.55. The third-order valence-corrected chi connectivity index (χ3v) is 2.08. The molecular formula is C10H10N2OS. The summed E-state index contributed by atoms with van der Waals surface area (Å²) in [6.07, 6.45) is 0. The van der Waals surface area contributed by atoms with Crippen molar-refractivity contribution in [2.75, 3.05) is 0 Å². The van der Waals surface area contributed by atoms with Gasteiger partial charge in [0, 0.05) is 4.90 Å². The number of carbonyl (C=O) groups is 1. The minimum atomic E-state index is -0.490. The summed E-state index contributed by atoms with van der Waals surface area (Å²) in [4.78, 5) is 12.1. The van der Waals surface area contributed by atoms with Crippen LogP contribution in [0.5, 0.6) is 0 Å². The number of nitriles is 1. The molecule has 3 nitrogen and oxygen atoms in total. The molecule has 0 bridgehead atoms. The van der Waals surface area contributed by atoms with Gasteiger partial charge in [-0.3, -0.25) is 4.79 Å². The van der Waals surface area contributed by atoms with Gasteiger partial charge in [-0.25, -0.2) is 0 Å². The Labute approximate surface area is 88.2 Å². The van der Waals surface area contributed by atoms with Crippen molar-refractivity contribution in [1.82, 2.24) is 5.32 Å². The first kappa shape index (κ1) is 10.6. The van der Waals surface area contributed by atoms with Gasteiger partial charge in [0.15, 0.2) is 0 Å². The predicted octanol–water partition coefficient (Wildman–Crippen LogP) is 1.62. The summed E-state index contributed by atoms with van der Waals surface area (Å²) in [5.74, 6) is -0.273. The largest absolute Gasteiger partial charge is 0.336 e. The molecule has 0 heterocycles. The highest BCUT2D eigenvalue weighted by Crippen LogP contribution is 2.12. The summed E-state index contributed by atoms with van der Waals surface area (Å²) in [6.45, 7) is 1.62. The Morgan fingerprint density at radius 2 is 2.21 bits per heavy atom. The molecule has 0 fully saturated rings. The molecule has 1 aromatic rings. The molecule has 1 rings (SSSR count). The summed E-state index contributed by atoms with van der Waals surface area (Å²) < 4.78 is 0. The average molecular weight is 206 g/mol. The smallest absolute Gasteiger partial charge is 0.253 e. The van der Waals surface area contributed by atoms with Crippen molar-refractivity contribution in [2.45, 2.75) is 17.9 Å². The van der Waals surface area contributed by atoms with Crippen molar-refractivity contribution < 1.29 is 4.79 Å². The van der Waals surface area contributed by atoms with Gasteiger partial charge in [0.25, 0.3) is 5.91 Å². The molecule has 0 spiro atoms. The van der Waals surface area contributed by atoms with Crippen LogP contribution >= 0.6 is 12.6 Å². The maximum atomic E-state index is 11.5. The Morgan fingerprint density at radius 3 is 2.79 bits per heavy atom. The molecule has 72 valence electrons. The first-order valence-corrected chi connectivity index (χ1v) is 4.58. The number of benzene rings is 1. The van der Waals surface area contributed by atoms with Gasteiger partial charge in [0.2, 0.25) is 0 Å². The molecule has 4 heteroatoms. The number of nitrogens with one attached hydrogen (secondary N) is 1. The van der Waals surface area contributed by atoms with Gasteiger partial charge >= 0.3 is 0 Å². The SMILES string of the molecule is CC(C#N)NC(=O)c1ccccc1S. The fraction of sp³-hybridized carbons (Fsp3) is 0.200. The molecule has 0 aliphatic carbocycles.